The van der Waals surface area contributed by atoms with Gasteiger partial charge in [0.15, 0.2) is 0 Å². The van der Waals surface area contributed by atoms with Gasteiger partial charge in [0.2, 0.25) is 0 Å². The lowest BCUT2D eigenvalue weighted by Crippen LogP contribution is -2.07. The first-order valence-corrected chi connectivity index (χ1v) is 10.1. The fourth-order valence-corrected chi connectivity index (χ4v) is 3.68. The highest BCUT2D eigenvalue weighted by Crippen LogP contribution is 2.26. The predicted molar refractivity (Wildman–Crippen MR) is 120 cm³/mol. The Balaban J connectivity index is 1.54. The third-order valence-corrected chi connectivity index (χ3v) is 5.05. The molecule has 0 saturated heterocycles. The molecule has 0 amide bonds. The first-order valence-electron chi connectivity index (χ1n) is 10.1. The summed E-state index contributed by atoms with van der Waals surface area (Å²) in [5.41, 5.74) is 5.76. The van der Waals surface area contributed by atoms with Gasteiger partial charge in [0, 0.05) is 12.1 Å². The second-order valence-corrected chi connectivity index (χ2v) is 7.25. The van der Waals surface area contributed by atoms with Gasteiger partial charge in [0.1, 0.15) is 11.6 Å². The first-order chi connectivity index (χ1) is 14.3. The van der Waals surface area contributed by atoms with E-state index < -0.39 is 0 Å². The van der Waals surface area contributed by atoms with Crippen LogP contribution in [0.3, 0.4) is 0 Å². The lowest BCUT2D eigenvalue weighted by Gasteiger charge is -2.12. The molecule has 0 radical (unpaired) electrons. The van der Waals surface area contributed by atoms with Crippen molar-refractivity contribution < 1.29 is 4.74 Å². The van der Waals surface area contributed by atoms with Gasteiger partial charge in [0.25, 0.3) is 0 Å². The Hall–Kier alpha value is -3.33. The summed E-state index contributed by atoms with van der Waals surface area (Å²) in [5.74, 6) is 1.96. The number of imidazole rings is 1. The van der Waals surface area contributed by atoms with Gasteiger partial charge >= 0.3 is 0 Å². The van der Waals surface area contributed by atoms with Crippen LogP contribution >= 0.6 is 0 Å². The monoisotopic (exact) mass is 382 g/mol. The fourth-order valence-electron chi connectivity index (χ4n) is 3.68. The molecule has 0 bridgehead atoms. The summed E-state index contributed by atoms with van der Waals surface area (Å²) >= 11 is 0. The molecule has 4 aromatic rings. The van der Waals surface area contributed by atoms with Gasteiger partial charge in [-0.25, -0.2) is 4.98 Å². The van der Waals surface area contributed by atoms with Crippen LogP contribution in [0.1, 0.15) is 17.5 Å². The highest BCUT2D eigenvalue weighted by molar-refractivity contribution is 5.80. The number of rotatable bonds is 8. The molecule has 0 spiro atoms. The smallest absolute Gasteiger partial charge is 0.141 e. The third kappa shape index (κ3) is 4.24. The van der Waals surface area contributed by atoms with Crippen molar-refractivity contribution in [3.8, 4) is 17.1 Å². The number of aryl methyl sites for hydroxylation is 2. The Morgan fingerprint density at radius 1 is 1.00 bits per heavy atom. The average Bonchev–Trinajstić information content (AvgIpc) is 3.11. The first kappa shape index (κ1) is 19.0. The molecule has 0 aliphatic rings. The van der Waals surface area contributed by atoms with Crippen LogP contribution in [-0.4, -0.2) is 16.2 Å². The summed E-state index contributed by atoms with van der Waals surface area (Å²) in [6.45, 7) is 7.47. The maximum absolute atomic E-state index is 6.08. The molecule has 0 fully saturated rings. The Kier molecular flexibility index (Phi) is 5.76. The van der Waals surface area contributed by atoms with E-state index in [1.807, 2.05) is 30.3 Å². The van der Waals surface area contributed by atoms with E-state index in [4.69, 9.17) is 9.72 Å². The van der Waals surface area contributed by atoms with Gasteiger partial charge in [-0.15, -0.1) is 6.58 Å². The summed E-state index contributed by atoms with van der Waals surface area (Å²) in [7, 11) is 0. The van der Waals surface area contributed by atoms with Crippen LogP contribution in [0.2, 0.25) is 0 Å². The molecule has 1 aromatic heterocycles. The number of allylic oxidation sites excluding steroid dienone is 1. The van der Waals surface area contributed by atoms with Crippen LogP contribution in [0.4, 0.5) is 0 Å². The standard InChI is InChI=1S/C26H26N2O/c1-3-10-21-12-4-7-16-25(21)29-18-9-17-28-24-15-6-5-14-23(24)27-26(28)22-13-8-11-20(2)19-22/h3-8,11-16,19H,1,9-10,17-18H2,2H3. The largest absolute Gasteiger partial charge is 0.493 e. The second kappa shape index (κ2) is 8.78. The van der Waals surface area contributed by atoms with Crippen LogP contribution in [0.15, 0.2) is 85.5 Å². The maximum atomic E-state index is 6.08. The normalized spacial score (nSPS) is 10.9. The average molecular weight is 383 g/mol. The van der Waals surface area contributed by atoms with E-state index in [9.17, 15) is 0 Å². The van der Waals surface area contributed by atoms with E-state index in [1.165, 1.54) is 11.1 Å². The quantitative estimate of drug-likeness (QED) is 0.268. The zero-order valence-corrected chi connectivity index (χ0v) is 16.8. The number of nitrogens with zero attached hydrogens (tertiary/aromatic N) is 2. The Morgan fingerprint density at radius 3 is 2.69 bits per heavy atom. The Labute approximate surface area is 172 Å². The van der Waals surface area contributed by atoms with Crippen LogP contribution < -0.4 is 4.74 Å². The van der Waals surface area contributed by atoms with Crippen molar-refractivity contribution >= 4 is 11.0 Å². The molecule has 29 heavy (non-hydrogen) atoms. The highest BCUT2D eigenvalue weighted by Gasteiger charge is 2.12. The number of aromatic nitrogens is 2. The third-order valence-electron chi connectivity index (χ3n) is 5.05. The van der Waals surface area contributed by atoms with Crippen molar-refractivity contribution in [1.29, 1.82) is 0 Å². The number of para-hydroxylation sites is 3. The van der Waals surface area contributed by atoms with Crippen molar-refractivity contribution in [1.82, 2.24) is 9.55 Å². The molecule has 0 saturated carbocycles. The molecule has 0 unspecified atom stereocenters. The molecule has 3 aromatic carbocycles. The summed E-state index contributed by atoms with van der Waals surface area (Å²) in [5, 5.41) is 0. The fraction of sp³-hybridized carbons (Fsp3) is 0.192. The summed E-state index contributed by atoms with van der Waals surface area (Å²) in [6.07, 6.45) is 3.63. The molecule has 0 atom stereocenters. The summed E-state index contributed by atoms with van der Waals surface area (Å²) < 4.78 is 8.39. The molecule has 3 heteroatoms. The summed E-state index contributed by atoms with van der Waals surface area (Å²) in [6, 6.07) is 25.0. The topological polar surface area (TPSA) is 27.1 Å². The number of fused-ring (bicyclic) bond motifs is 1. The van der Waals surface area contributed by atoms with Crippen LogP contribution in [0.25, 0.3) is 22.4 Å². The van der Waals surface area contributed by atoms with Gasteiger partial charge in [-0.3, -0.25) is 0 Å². The molecule has 3 nitrogen and oxygen atoms in total. The zero-order chi connectivity index (χ0) is 20.1. The van der Waals surface area contributed by atoms with Crippen molar-refractivity contribution in [2.45, 2.75) is 26.3 Å². The lowest BCUT2D eigenvalue weighted by atomic mass is 10.1. The van der Waals surface area contributed by atoms with Gasteiger partial charge in [-0.1, -0.05) is 60.2 Å². The minimum absolute atomic E-state index is 0.661. The van der Waals surface area contributed by atoms with Crippen LogP contribution in [-0.2, 0) is 13.0 Å². The van der Waals surface area contributed by atoms with Gasteiger partial charge < -0.3 is 9.30 Å². The number of ether oxygens (including phenoxy) is 1. The second-order valence-electron chi connectivity index (χ2n) is 7.25. The molecule has 0 N–H and O–H groups in total. The van der Waals surface area contributed by atoms with Gasteiger partial charge in [-0.05, 0) is 49.6 Å². The van der Waals surface area contributed by atoms with E-state index in [2.05, 4.69) is 66.6 Å². The van der Waals surface area contributed by atoms with E-state index in [0.717, 1.165) is 47.6 Å². The van der Waals surface area contributed by atoms with Crippen molar-refractivity contribution in [2.24, 2.45) is 0 Å². The molecular formula is C26H26N2O. The van der Waals surface area contributed by atoms with Gasteiger partial charge in [-0.2, -0.15) is 0 Å². The van der Waals surface area contributed by atoms with E-state index in [1.54, 1.807) is 0 Å². The van der Waals surface area contributed by atoms with E-state index >= 15 is 0 Å². The number of hydrogen-bond donors (Lipinski definition) is 0. The van der Waals surface area contributed by atoms with Crippen molar-refractivity contribution in [3.05, 3.63) is 96.6 Å². The maximum Gasteiger partial charge on any atom is 0.141 e. The summed E-state index contributed by atoms with van der Waals surface area (Å²) in [4.78, 5) is 4.91. The molecule has 4 rings (SSSR count). The van der Waals surface area contributed by atoms with Gasteiger partial charge in [0.05, 0.1) is 17.6 Å². The van der Waals surface area contributed by atoms with E-state index in [0.29, 0.717) is 6.61 Å². The number of benzene rings is 3. The van der Waals surface area contributed by atoms with E-state index in [-0.39, 0.29) is 0 Å². The minimum atomic E-state index is 0.661. The van der Waals surface area contributed by atoms with Crippen LogP contribution in [0.5, 0.6) is 5.75 Å². The predicted octanol–water partition coefficient (Wildman–Crippen LogP) is 6.21. The van der Waals surface area contributed by atoms with Crippen LogP contribution in [0, 0.1) is 6.92 Å². The molecule has 0 aliphatic carbocycles. The molecule has 1 heterocycles. The molecular weight excluding hydrogens is 356 g/mol. The SMILES string of the molecule is C=CCc1ccccc1OCCCn1c(-c2cccc(C)c2)nc2ccccc21. The number of hydrogen-bond acceptors (Lipinski definition) is 2. The lowest BCUT2D eigenvalue weighted by molar-refractivity contribution is 0.300. The highest BCUT2D eigenvalue weighted by atomic mass is 16.5. The zero-order valence-electron chi connectivity index (χ0n) is 16.8. The minimum Gasteiger partial charge on any atom is -0.493 e. The molecule has 146 valence electrons. The Morgan fingerprint density at radius 2 is 1.83 bits per heavy atom. The Bertz CT molecular complexity index is 1130. The van der Waals surface area contributed by atoms with Crippen molar-refractivity contribution in [2.75, 3.05) is 6.61 Å². The van der Waals surface area contributed by atoms with Crippen molar-refractivity contribution in [3.63, 3.8) is 0 Å². The molecule has 0 aliphatic heterocycles.